The van der Waals surface area contributed by atoms with Gasteiger partial charge in [-0.1, -0.05) is 5.16 Å². The molecule has 0 aliphatic rings. The predicted octanol–water partition coefficient (Wildman–Crippen LogP) is 3.65. The van der Waals surface area contributed by atoms with E-state index in [1.54, 1.807) is 18.4 Å². The summed E-state index contributed by atoms with van der Waals surface area (Å²) < 4.78 is 45.1. The van der Waals surface area contributed by atoms with Gasteiger partial charge in [-0.2, -0.15) is 0 Å². The van der Waals surface area contributed by atoms with Gasteiger partial charge in [0.2, 0.25) is 0 Å². The smallest absolute Gasteiger partial charge is 0.271 e. The maximum Gasteiger partial charge on any atom is 0.271 e. The lowest BCUT2D eigenvalue weighted by Gasteiger charge is -2.05. The van der Waals surface area contributed by atoms with E-state index in [9.17, 15) is 12.8 Å². The Hall–Kier alpha value is -2.19. The molecule has 2 aromatic heterocycles. The molecule has 0 aliphatic heterocycles. The van der Waals surface area contributed by atoms with Crippen LogP contribution in [0, 0.1) is 12.7 Å². The van der Waals surface area contributed by atoms with Gasteiger partial charge in [0, 0.05) is 22.7 Å². The SMILES string of the molecule is Cc1cc(-c2csc(S(=O)(=O)Nc3ccc(F)cc3)c2)on1. The van der Waals surface area contributed by atoms with Crippen molar-refractivity contribution >= 4 is 27.0 Å². The first kappa shape index (κ1) is 14.7. The minimum absolute atomic E-state index is 0.140. The Morgan fingerprint density at radius 1 is 1.23 bits per heavy atom. The molecule has 0 unspecified atom stereocenters. The Bertz CT molecular complexity index is 898. The van der Waals surface area contributed by atoms with Gasteiger partial charge < -0.3 is 4.52 Å². The van der Waals surface area contributed by atoms with Gasteiger partial charge in [0.1, 0.15) is 10.0 Å². The molecule has 0 aliphatic carbocycles. The second kappa shape index (κ2) is 5.54. The van der Waals surface area contributed by atoms with Gasteiger partial charge in [-0.05, 0) is 37.3 Å². The van der Waals surface area contributed by atoms with Gasteiger partial charge >= 0.3 is 0 Å². The van der Waals surface area contributed by atoms with Crippen LogP contribution in [-0.2, 0) is 10.0 Å². The molecule has 0 bridgehead atoms. The maximum absolute atomic E-state index is 12.8. The summed E-state index contributed by atoms with van der Waals surface area (Å²) in [4.78, 5) is 0. The summed E-state index contributed by atoms with van der Waals surface area (Å²) in [5.74, 6) is 0.0824. The summed E-state index contributed by atoms with van der Waals surface area (Å²) in [5, 5.41) is 5.45. The molecule has 0 radical (unpaired) electrons. The van der Waals surface area contributed by atoms with Crippen LogP contribution in [0.2, 0.25) is 0 Å². The summed E-state index contributed by atoms with van der Waals surface area (Å²) in [6.45, 7) is 1.78. The molecule has 0 atom stereocenters. The second-order valence-corrected chi connectivity index (χ2v) is 7.42. The van der Waals surface area contributed by atoms with E-state index in [1.807, 2.05) is 0 Å². The number of aryl methyl sites for hydroxylation is 1. The summed E-state index contributed by atoms with van der Waals surface area (Å²) in [6.07, 6.45) is 0. The molecule has 2 heterocycles. The van der Waals surface area contributed by atoms with Gasteiger partial charge in [0.15, 0.2) is 5.76 Å². The largest absolute Gasteiger partial charge is 0.356 e. The monoisotopic (exact) mass is 338 g/mol. The Balaban J connectivity index is 1.86. The minimum atomic E-state index is -3.72. The van der Waals surface area contributed by atoms with E-state index in [-0.39, 0.29) is 4.21 Å². The Kier molecular flexibility index (Phi) is 3.71. The lowest BCUT2D eigenvalue weighted by Crippen LogP contribution is -2.11. The van der Waals surface area contributed by atoms with E-state index in [0.29, 0.717) is 17.0 Å². The zero-order chi connectivity index (χ0) is 15.7. The zero-order valence-electron chi connectivity index (χ0n) is 11.4. The van der Waals surface area contributed by atoms with E-state index < -0.39 is 15.8 Å². The molecule has 1 N–H and O–H groups in total. The van der Waals surface area contributed by atoms with Crippen molar-refractivity contribution in [2.75, 3.05) is 4.72 Å². The summed E-state index contributed by atoms with van der Waals surface area (Å²) in [6, 6.07) is 8.34. The number of nitrogens with zero attached hydrogens (tertiary/aromatic N) is 1. The van der Waals surface area contributed by atoms with Gasteiger partial charge in [0.25, 0.3) is 10.0 Å². The average Bonchev–Trinajstić information content (AvgIpc) is 3.10. The quantitative estimate of drug-likeness (QED) is 0.788. The fourth-order valence-corrected chi connectivity index (χ4v) is 4.04. The van der Waals surface area contributed by atoms with Crippen LogP contribution in [-0.4, -0.2) is 13.6 Å². The number of benzene rings is 1. The number of nitrogens with one attached hydrogen (secondary N) is 1. The molecular formula is C14H11FN2O3S2. The molecule has 0 saturated heterocycles. The summed E-state index contributed by atoms with van der Waals surface area (Å²) >= 11 is 1.07. The highest BCUT2D eigenvalue weighted by atomic mass is 32.2. The second-order valence-electron chi connectivity index (χ2n) is 4.60. The Morgan fingerprint density at radius 3 is 2.59 bits per heavy atom. The van der Waals surface area contributed by atoms with E-state index in [0.717, 1.165) is 17.0 Å². The molecule has 0 amide bonds. The molecule has 114 valence electrons. The number of sulfonamides is 1. The van der Waals surface area contributed by atoms with Crippen LogP contribution >= 0.6 is 11.3 Å². The van der Waals surface area contributed by atoms with Gasteiger partial charge in [-0.15, -0.1) is 11.3 Å². The van der Waals surface area contributed by atoms with Crippen LogP contribution in [0.3, 0.4) is 0 Å². The van der Waals surface area contributed by atoms with Crippen molar-refractivity contribution < 1.29 is 17.3 Å². The number of aromatic nitrogens is 1. The van der Waals surface area contributed by atoms with Crippen LogP contribution < -0.4 is 4.72 Å². The van der Waals surface area contributed by atoms with E-state index in [2.05, 4.69) is 9.88 Å². The highest BCUT2D eigenvalue weighted by molar-refractivity contribution is 7.94. The van der Waals surface area contributed by atoms with Crippen molar-refractivity contribution in [3.8, 4) is 11.3 Å². The van der Waals surface area contributed by atoms with Crippen LogP contribution in [0.15, 0.2) is 50.5 Å². The topological polar surface area (TPSA) is 72.2 Å². The average molecular weight is 338 g/mol. The van der Waals surface area contributed by atoms with Crippen molar-refractivity contribution in [1.29, 1.82) is 0 Å². The number of rotatable bonds is 4. The Morgan fingerprint density at radius 2 is 1.95 bits per heavy atom. The number of thiophene rings is 1. The highest BCUT2D eigenvalue weighted by Gasteiger charge is 2.18. The molecule has 0 fully saturated rings. The third-order valence-electron chi connectivity index (χ3n) is 2.85. The fourth-order valence-electron chi connectivity index (χ4n) is 1.81. The van der Waals surface area contributed by atoms with Gasteiger partial charge in [0.05, 0.1) is 5.69 Å². The third-order valence-corrected chi connectivity index (χ3v) is 5.67. The first-order chi connectivity index (χ1) is 10.4. The van der Waals surface area contributed by atoms with Crippen molar-refractivity contribution in [3.05, 3.63) is 53.3 Å². The molecule has 5 nitrogen and oxygen atoms in total. The first-order valence-electron chi connectivity index (χ1n) is 6.25. The molecule has 0 spiro atoms. The highest BCUT2D eigenvalue weighted by Crippen LogP contribution is 2.30. The molecule has 3 rings (SSSR count). The molecule has 1 aromatic carbocycles. The van der Waals surface area contributed by atoms with Crippen LogP contribution in [0.4, 0.5) is 10.1 Å². The number of hydrogen-bond acceptors (Lipinski definition) is 5. The van der Waals surface area contributed by atoms with Crippen LogP contribution in [0.5, 0.6) is 0 Å². The first-order valence-corrected chi connectivity index (χ1v) is 8.61. The molecule has 22 heavy (non-hydrogen) atoms. The molecule has 3 aromatic rings. The molecular weight excluding hydrogens is 327 g/mol. The number of anilines is 1. The molecule has 0 saturated carbocycles. The van der Waals surface area contributed by atoms with E-state index >= 15 is 0 Å². The third kappa shape index (κ3) is 3.02. The van der Waals surface area contributed by atoms with Crippen molar-refractivity contribution in [2.45, 2.75) is 11.1 Å². The van der Waals surface area contributed by atoms with Gasteiger partial charge in [-0.25, -0.2) is 12.8 Å². The van der Waals surface area contributed by atoms with Crippen LogP contribution in [0.1, 0.15) is 5.69 Å². The van der Waals surface area contributed by atoms with Crippen molar-refractivity contribution in [3.63, 3.8) is 0 Å². The lowest BCUT2D eigenvalue weighted by molar-refractivity contribution is 0.427. The zero-order valence-corrected chi connectivity index (χ0v) is 13.0. The molecule has 8 heteroatoms. The normalized spacial score (nSPS) is 11.5. The summed E-state index contributed by atoms with van der Waals surface area (Å²) in [5.41, 5.74) is 1.66. The lowest BCUT2D eigenvalue weighted by atomic mass is 10.2. The maximum atomic E-state index is 12.8. The van der Waals surface area contributed by atoms with E-state index in [4.69, 9.17) is 4.52 Å². The van der Waals surface area contributed by atoms with Crippen LogP contribution in [0.25, 0.3) is 11.3 Å². The summed E-state index contributed by atoms with van der Waals surface area (Å²) in [7, 11) is -3.72. The van der Waals surface area contributed by atoms with Gasteiger partial charge in [-0.3, -0.25) is 4.72 Å². The number of hydrogen-bond donors (Lipinski definition) is 1. The minimum Gasteiger partial charge on any atom is -0.356 e. The fraction of sp³-hybridized carbons (Fsp3) is 0.0714. The Labute approximate surface area is 130 Å². The van der Waals surface area contributed by atoms with E-state index in [1.165, 1.54) is 30.3 Å². The van der Waals surface area contributed by atoms with Crippen molar-refractivity contribution in [1.82, 2.24) is 5.16 Å². The predicted molar refractivity (Wildman–Crippen MR) is 81.8 cm³/mol. The standard InChI is InChI=1S/C14H11FN2O3S2/c1-9-6-13(20-16-9)10-7-14(21-8-10)22(18,19)17-12-4-2-11(15)3-5-12/h2-8,17H,1H3. The van der Waals surface area contributed by atoms with Crippen molar-refractivity contribution in [2.24, 2.45) is 0 Å². The number of halogens is 1.